The number of urea groups is 1. The number of imidazole rings is 1. The molecule has 0 spiro atoms. The minimum absolute atomic E-state index is 0.0394. The number of fused-ring (bicyclic) bond motifs is 1. The zero-order chi connectivity index (χ0) is 17.8. The number of rotatable bonds is 4. The molecule has 1 aromatic heterocycles. The Labute approximate surface area is 145 Å². The largest absolute Gasteiger partial charge is 0.334 e. The Morgan fingerprint density at radius 2 is 1.80 bits per heavy atom. The van der Waals surface area contributed by atoms with E-state index in [1.54, 1.807) is 10.9 Å². The number of imide groups is 1. The van der Waals surface area contributed by atoms with Crippen molar-refractivity contribution < 1.29 is 9.59 Å². The first-order chi connectivity index (χ1) is 12.0. The zero-order valence-corrected chi connectivity index (χ0v) is 14.2. The topological polar surface area (TPSA) is 76.0 Å². The quantitative estimate of drug-likeness (QED) is 0.769. The number of nitrogens with zero attached hydrogens (tertiary/aromatic N) is 2. The third-order valence-electron chi connectivity index (χ3n) is 4.10. The van der Waals surface area contributed by atoms with E-state index in [1.165, 1.54) is 0 Å². The van der Waals surface area contributed by atoms with Gasteiger partial charge in [-0.25, -0.2) is 9.78 Å². The summed E-state index contributed by atoms with van der Waals surface area (Å²) in [6.45, 7) is 4.45. The molecule has 3 rings (SSSR count). The highest BCUT2D eigenvalue weighted by Gasteiger charge is 2.11. The first kappa shape index (κ1) is 16.7. The molecule has 25 heavy (non-hydrogen) atoms. The molecule has 1 heterocycles. The minimum Gasteiger partial charge on any atom is -0.334 e. The van der Waals surface area contributed by atoms with Gasteiger partial charge in [0.05, 0.1) is 17.4 Å². The molecule has 0 bridgehead atoms. The summed E-state index contributed by atoms with van der Waals surface area (Å²) in [6, 6.07) is 13.0. The molecule has 0 atom stereocenters. The molecule has 0 aliphatic carbocycles. The summed E-state index contributed by atoms with van der Waals surface area (Å²) in [5.41, 5.74) is 4.97. The molecule has 0 aliphatic heterocycles. The van der Waals surface area contributed by atoms with Gasteiger partial charge in [-0.05, 0) is 42.7 Å². The van der Waals surface area contributed by atoms with Gasteiger partial charge >= 0.3 is 6.03 Å². The molecule has 128 valence electrons. The van der Waals surface area contributed by atoms with Crippen LogP contribution < -0.4 is 10.6 Å². The summed E-state index contributed by atoms with van der Waals surface area (Å²) in [7, 11) is 0. The lowest BCUT2D eigenvalue weighted by Gasteiger charge is -2.08. The molecule has 0 unspecified atom stereocenters. The molecule has 2 N–H and O–H groups in total. The van der Waals surface area contributed by atoms with Gasteiger partial charge in [0.15, 0.2) is 0 Å². The molecule has 3 aromatic rings. The van der Waals surface area contributed by atoms with Crippen LogP contribution in [0.3, 0.4) is 0 Å². The van der Waals surface area contributed by atoms with Crippen molar-refractivity contribution in [3.8, 4) is 0 Å². The third kappa shape index (κ3) is 4.03. The van der Waals surface area contributed by atoms with Crippen LogP contribution in [0, 0.1) is 13.8 Å². The Morgan fingerprint density at radius 3 is 2.56 bits per heavy atom. The van der Waals surface area contributed by atoms with Gasteiger partial charge in [0.2, 0.25) is 5.91 Å². The average Bonchev–Trinajstić information content (AvgIpc) is 2.96. The van der Waals surface area contributed by atoms with Gasteiger partial charge < -0.3 is 9.88 Å². The van der Waals surface area contributed by atoms with Crippen LogP contribution >= 0.6 is 0 Å². The number of carbonyl (C=O) groups excluding carboxylic acids is 2. The van der Waals surface area contributed by atoms with Crippen molar-refractivity contribution in [1.82, 2.24) is 20.2 Å². The molecule has 6 heteroatoms. The van der Waals surface area contributed by atoms with E-state index in [4.69, 9.17) is 0 Å². The Balaban J connectivity index is 1.59. The predicted molar refractivity (Wildman–Crippen MR) is 96.0 cm³/mol. The van der Waals surface area contributed by atoms with Gasteiger partial charge in [0.1, 0.15) is 6.54 Å². The van der Waals surface area contributed by atoms with E-state index >= 15 is 0 Å². The van der Waals surface area contributed by atoms with Crippen LogP contribution in [0.5, 0.6) is 0 Å². The van der Waals surface area contributed by atoms with Gasteiger partial charge in [0, 0.05) is 6.54 Å². The summed E-state index contributed by atoms with van der Waals surface area (Å²) in [5, 5.41) is 5.01. The first-order valence-electron chi connectivity index (χ1n) is 8.06. The van der Waals surface area contributed by atoms with Crippen LogP contribution in [-0.2, 0) is 17.9 Å². The second-order valence-corrected chi connectivity index (χ2v) is 6.01. The van der Waals surface area contributed by atoms with Crippen LogP contribution in [0.15, 0.2) is 48.8 Å². The van der Waals surface area contributed by atoms with E-state index < -0.39 is 6.03 Å². The van der Waals surface area contributed by atoms with Gasteiger partial charge in [-0.1, -0.05) is 30.3 Å². The lowest BCUT2D eigenvalue weighted by Crippen LogP contribution is -2.40. The number of hydrogen-bond acceptors (Lipinski definition) is 3. The van der Waals surface area contributed by atoms with E-state index in [0.717, 1.165) is 27.7 Å². The standard InChI is InChI=1S/C19H20N4O2/c1-13-8-16-17(9-14(13)2)23(12-21-16)11-18(24)22-19(25)20-10-15-6-4-3-5-7-15/h3-9,12H,10-11H2,1-2H3,(H2,20,22,24,25). The van der Waals surface area contributed by atoms with Gasteiger partial charge in [-0.2, -0.15) is 0 Å². The zero-order valence-electron chi connectivity index (χ0n) is 14.2. The van der Waals surface area contributed by atoms with E-state index in [-0.39, 0.29) is 12.5 Å². The second-order valence-electron chi connectivity index (χ2n) is 6.01. The van der Waals surface area contributed by atoms with Gasteiger partial charge in [0.25, 0.3) is 0 Å². The van der Waals surface area contributed by atoms with Crippen molar-refractivity contribution in [1.29, 1.82) is 0 Å². The molecular formula is C19H20N4O2. The first-order valence-corrected chi connectivity index (χ1v) is 8.06. The Morgan fingerprint density at radius 1 is 1.08 bits per heavy atom. The Bertz CT molecular complexity index is 916. The highest BCUT2D eigenvalue weighted by Crippen LogP contribution is 2.18. The van der Waals surface area contributed by atoms with E-state index in [1.807, 2.05) is 56.3 Å². The number of nitrogens with one attached hydrogen (secondary N) is 2. The number of amides is 3. The van der Waals surface area contributed by atoms with Crippen molar-refractivity contribution in [2.75, 3.05) is 0 Å². The minimum atomic E-state index is -0.509. The van der Waals surface area contributed by atoms with Crippen LogP contribution in [-0.4, -0.2) is 21.5 Å². The molecular weight excluding hydrogens is 316 g/mol. The van der Waals surface area contributed by atoms with E-state index in [9.17, 15) is 9.59 Å². The van der Waals surface area contributed by atoms with Crippen LogP contribution in [0.1, 0.15) is 16.7 Å². The van der Waals surface area contributed by atoms with Gasteiger partial charge in [-0.15, -0.1) is 0 Å². The summed E-state index contributed by atoms with van der Waals surface area (Å²) >= 11 is 0. The molecule has 0 fully saturated rings. The number of benzene rings is 2. The third-order valence-corrected chi connectivity index (χ3v) is 4.10. The van der Waals surface area contributed by atoms with E-state index in [0.29, 0.717) is 6.54 Å². The molecule has 2 aromatic carbocycles. The number of carbonyl (C=O) groups is 2. The number of aryl methyl sites for hydroxylation is 2. The van der Waals surface area contributed by atoms with E-state index in [2.05, 4.69) is 15.6 Å². The van der Waals surface area contributed by atoms with Crippen molar-refractivity contribution in [3.05, 3.63) is 65.5 Å². The molecule has 3 amide bonds. The predicted octanol–water partition coefficient (Wildman–Crippen LogP) is 2.68. The van der Waals surface area contributed by atoms with Crippen LogP contribution in [0.2, 0.25) is 0 Å². The summed E-state index contributed by atoms with van der Waals surface area (Å²) in [5.74, 6) is -0.386. The fourth-order valence-corrected chi connectivity index (χ4v) is 2.58. The SMILES string of the molecule is Cc1cc2ncn(CC(=O)NC(=O)NCc3ccccc3)c2cc1C. The van der Waals surface area contributed by atoms with Crippen molar-refractivity contribution >= 4 is 23.0 Å². The van der Waals surface area contributed by atoms with Crippen molar-refractivity contribution in [2.45, 2.75) is 26.9 Å². The molecule has 0 saturated carbocycles. The highest BCUT2D eigenvalue weighted by molar-refractivity contribution is 5.94. The van der Waals surface area contributed by atoms with Gasteiger partial charge in [-0.3, -0.25) is 10.1 Å². The number of aromatic nitrogens is 2. The molecule has 0 saturated heterocycles. The van der Waals surface area contributed by atoms with Crippen LogP contribution in [0.25, 0.3) is 11.0 Å². The highest BCUT2D eigenvalue weighted by atomic mass is 16.2. The second kappa shape index (κ2) is 7.17. The lowest BCUT2D eigenvalue weighted by molar-refractivity contribution is -0.120. The molecule has 0 radical (unpaired) electrons. The fourth-order valence-electron chi connectivity index (χ4n) is 2.58. The lowest BCUT2D eigenvalue weighted by atomic mass is 10.1. The molecule has 0 aliphatic rings. The summed E-state index contributed by atoms with van der Waals surface area (Å²) in [4.78, 5) is 28.3. The van der Waals surface area contributed by atoms with Crippen molar-refractivity contribution in [3.63, 3.8) is 0 Å². The number of hydrogen-bond donors (Lipinski definition) is 2. The molecule has 6 nitrogen and oxygen atoms in total. The van der Waals surface area contributed by atoms with Crippen LogP contribution in [0.4, 0.5) is 4.79 Å². The average molecular weight is 336 g/mol. The maximum Gasteiger partial charge on any atom is 0.321 e. The smallest absolute Gasteiger partial charge is 0.321 e. The monoisotopic (exact) mass is 336 g/mol. The fraction of sp³-hybridized carbons (Fsp3) is 0.211. The Kier molecular flexibility index (Phi) is 4.79. The Hall–Kier alpha value is -3.15. The van der Waals surface area contributed by atoms with Crippen molar-refractivity contribution in [2.24, 2.45) is 0 Å². The normalized spacial score (nSPS) is 10.6. The summed E-state index contributed by atoms with van der Waals surface area (Å²) < 4.78 is 1.74. The maximum atomic E-state index is 12.1. The summed E-state index contributed by atoms with van der Waals surface area (Å²) in [6.07, 6.45) is 1.62. The maximum absolute atomic E-state index is 12.1.